The highest BCUT2D eigenvalue weighted by Crippen LogP contribution is 2.14. The molecule has 0 fully saturated rings. The van der Waals surface area contributed by atoms with Crippen molar-refractivity contribution in [3.8, 4) is 0 Å². The third-order valence-electron chi connectivity index (χ3n) is 3.56. The molecular weight excluding hydrogens is 433 g/mol. The third kappa shape index (κ3) is 6.80. The minimum atomic E-state index is 0. The highest BCUT2D eigenvalue weighted by molar-refractivity contribution is 14.0. The zero-order chi connectivity index (χ0) is 16.7. The van der Waals surface area contributed by atoms with E-state index in [1.54, 1.807) is 0 Å². The Morgan fingerprint density at radius 3 is 2.88 bits per heavy atom. The predicted octanol–water partition coefficient (Wildman–Crippen LogP) is 3.38. The summed E-state index contributed by atoms with van der Waals surface area (Å²) in [5, 5.41) is 9.73. The van der Waals surface area contributed by atoms with E-state index in [-0.39, 0.29) is 24.0 Å². The van der Waals surface area contributed by atoms with Crippen molar-refractivity contribution in [3.05, 3.63) is 40.3 Å². The molecule has 1 N–H and O–H groups in total. The van der Waals surface area contributed by atoms with E-state index in [1.807, 2.05) is 35.5 Å². The Morgan fingerprint density at radius 2 is 2.29 bits per heavy atom. The number of aromatic nitrogens is 2. The molecule has 0 radical (unpaired) electrons. The van der Waals surface area contributed by atoms with Crippen LogP contribution >= 0.6 is 35.3 Å². The summed E-state index contributed by atoms with van der Waals surface area (Å²) in [5.74, 6) is 1.49. The molecule has 2 heterocycles. The van der Waals surface area contributed by atoms with Crippen LogP contribution in [0.5, 0.6) is 0 Å². The Hall–Kier alpha value is -1.09. The fourth-order valence-electron chi connectivity index (χ4n) is 2.45. The molecule has 0 spiro atoms. The molecule has 0 saturated carbocycles. The summed E-state index contributed by atoms with van der Waals surface area (Å²) in [6, 6.07) is 4.31. The van der Waals surface area contributed by atoms with E-state index < -0.39 is 0 Å². The normalized spacial score (nSPS) is 12.6. The Balaban J connectivity index is 0.00000288. The van der Waals surface area contributed by atoms with Crippen molar-refractivity contribution in [2.75, 3.05) is 20.1 Å². The van der Waals surface area contributed by atoms with E-state index in [2.05, 4.69) is 53.7 Å². The van der Waals surface area contributed by atoms with Crippen molar-refractivity contribution in [2.45, 2.75) is 26.8 Å². The average molecular weight is 461 g/mol. The molecule has 1 atom stereocenters. The summed E-state index contributed by atoms with van der Waals surface area (Å²) in [6.45, 7) is 6.86. The number of halogens is 1. The largest absolute Gasteiger partial charge is 0.357 e. The number of aliphatic imine (C=N–C) groups is 1. The quantitative estimate of drug-likeness (QED) is 0.391. The first kappa shape index (κ1) is 21.0. The maximum absolute atomic E-state index is 4.81. The van der Waals surface area contributed by atoms with Gasteiger partial charge < -0.3 is 10.2 Å². The Bertz CT molecular complexity index is 608. The number of hydrogen-bond acceptors (Lipinski definition) is 3. The minimum Gasteiger partial charge on any atom is -0.357 e. The van der Waals surface area contributed by atoms with Gasteiger partial charge in [0.2, 0.25) is 0 Å². The van der Waals surface area contributed by atoms with Crippen LogP contribution in [0.4, 0.5) is 0 Å². The summed E-state index contributed by atoms with van der Waals surface area (Å²) in [7, 11) is 4.01. The second kappa shape index (κ2) is 10.7. The van der Waals surface area contributed by atoms with Crippen LogP contribution in [0.1, 0.15) is 24.3 Å². The first-order chi connectivity index (χ1) is 11.1. The lowest BCUT2D eigenvalue weighted by Gasteiger charge is -2.22. The van der Waals surface area contributed by atoms with E-state index >= 15 is 0 Å². The molecule has 24 heavy (non-hydrogen) atoms. The van der Waals surface area contributed by atoms with Crippen LogP contribution in [-0.4, -0.2) is 40.8 Å². The van der Waals surface area contributed by atoms with Crippen LogP contribution in [0, 0.1) is 5.92 Å². The van der Waals surface area contributed by atoms with Crippen LogP contribution in [0.2, 0.25) is 0 Å². The SMILES string of the molecule is CCNC(=NCC(C)Cc1cccs1)N(C)Cc1cnn(C)c1.I. The fourth-order valence-corrected chi connectivity index (χ4v) is 3.32. The lowest BCUT2D eigenvalue weighted by atomic mass is 10.1. The lowest BCUT2D eigenvalue weighted by Crippen LogP contribution is -2.38. The smallest absolute Gasteiger partial charge is 0.193 e. The molecule has 0 aliphatic carbocycles. The van der Waals surface area contributed by atoms with Crippen molar-refractivity contribution >= 4 is 41.3 Å². The number of aryl methyl sites for hydroxylation is 1. The molecule has 134 valence electrons. The fraction of sp³-hybridized carbons (Fsp3) is 0.529. The van der Waals surface area contributed by atoms with Crippen LogP contribution in [0.3, 0.4) is 0 Å². The van der Waals surface area contributed by atoms with E-state index in [0.29, 0.717) is 5.92 Å². The number of rotatable bonds is 7. The van der Waals surface area contributed by atoms with Gasteiger partial charge in [0.05, 0.1) is 6.20 Å². The molecule has 0 aromatic carbocycles. The number of nitrogens with zero attached hydrogens (tertiary/aromatic N) is 4. The second-order valence-electron chi connectivity index (χ2n) is 5.96. The Morgan fingerprint density at radius 1 is 1.50 bits per heavy atom. The molecule has 2 rings (SSSR count). The van der Waals surface area contributed by atoms with E-state index in [0.717, 1.165) is 32.0 Å². The average Bonchev–Trinajstić information content (AvgIpc) is 3.15. The van der Waals surface area contributed by atoms with Gasteiger partial charge in [0.15, 0.2) is 5.96 Å². The van der Waals surface area contributed by atoms with Gasteiger partial charge in [-0.1, -0.05) is 13.0 Å². The van der Waals surface area contributed by atoms with E-state index in [1.165, 1.54) is 10.4 Å². The molecule has 1 unspecified atom stereocenters. The van der Waals surface area contributed by atoms with Gasteiger partial charge >= 0.3 is 0 Å². The summed E-state index contributed by atoms with van der Waals surface area (Å²) >= 11 is 1.82. The van der Waals surface area contributed by atoms with Gasteiger partial charge in [0.25, 0.3) is 0 Å². The third-order valence-corrected chi connectivity index (χ3v) is 4.46. The summed E-state index contributed by atoms with van der Waals surface area (Å²) in [4.78, 5) is 8.39. The molecule has 5 nitrogen and oxygen atoms in total. The molecule has 0 aliphatic rings. The molecule has 2 aromatic heterocycles. The molecule has 0 amide bonds. The highest BCUT2D eigenvalue weighted by atomic mass is 127. The number of nitrogens with one attached hydrogen (secondary N) is 1. The standard InChI is InChI=1S/C17H27N5S.HI/c1-5-18-17(21(3)12-15-11-20-22(4)13-15)19-10-14(2)9-16-7-6-8-23-16;/h6-8,11,13-14H,5,9-10,12H2,1-4H3,(H,18,19);1H. The molecule has 2 aromatic rings. The number of guanidine groups is 1. The summed E-state index contributed by atoms with van der Waals surface area (Å²) < 4.78 is 1.83. The first-order valence-electron chi connectivity index (χ1n) is 8.07. The van der Waals surface area contributed by atoms with Gasteiger partial charge in [-0.25, -0.2) is 0 Å². The van der Waals surface area contributed by atoms with Gasteiger partial charge in [0, 0.05) is 50.4 Å². The van der Waals surface area contributed by atoms with Crippen LogP contribution in [-0.2, 0) is 20.0 Å². The van der Waals surface area contributed by atoms with Crippen LogP contribution < -0.4 is 5.32 Å². The number of thiophene rings is 1. The topological polar surface area (TPSA) is 45.5 Å². The molecule has 0 aliphatic heterocycles. The summed E-state index contributed by atoms with van der Waals surface area (Å²) in [5.41, 5.74) is 1.19. The zero-order valence-electron chi connectivity index (χ0n) is 14.9. The Kier molecular flexibility index (Phi) is 9.35. The van der Waals surface area contributed by atoms with Crippen molar-refractivity contribution in [1.29, 1.82) is 0 Å². The van der Waals surface area contributed by atoms with Crippen LogP contribution in [0.15, 0.2) is 34.9 Å². The van der Waals surface area contributed by atoms with Gasteiger partial charge in [-0.05, 0) is 30.7 Å². The van der Waals surface area contributed by atoms with Gasteiger partial charge in [-0.2, -0.15) is 5.10 Å². The molecule has 0 bridgehead atoms. The van der Waals surface area contributed by atoms with Crippen molar-refractivity contribution in [1.82, 2.24) is 20.0 Å². The number of hydrogen-bond donors (Lipinski definition) is 1. The lowest BCUT2D eigenvalue weighted by molar-refractivity contribution is 0.471. The zero-order valence-corrected chi connectivity index (χ0v) is 18.0. The van der Waals surface area contributed by atoms with Crippen molar-refractivity contribution in [3.63, 3.8) is 0 Å². The van der Waals surface area contributed by atoms with Gasteiger partial charge in [-0.15, -0.1) is 35.3 Å². The summed E-state index contributed by atoms with van der Waals surface area (Å²) in [6.07, 6.45) is 5.03. The van der Waals surface area contributed by atoms with Crippen molar-refractivity contribution in [2.24, 2.45) is 18.0 Å². The van der Waals surface area contributed by atoms with Gasteiger partial charge in [-0.3, -0.25) is 9.67 Å². The highest BCUT2D eigenvalue weighted by Gasteiger charge is 2.09. The van der Waals surface area contributed by atoms with Crippen molar-refractivity contribution < 1.29 is 0 Å². The molecule has 7 heteroatoms. The first-order valence-corrected chi connectivity index (χ1v) is 8.95. The monoisotopic (exact) mass is 461 g/mol. The maximum Gasteiger partial charge on any atom is 0.193 e. The van der Waals surface area contributed by atoms with E-state index in [4.69, 9.17) is 4.99 Å². The Labute approximate surface area is 166 Å². The van der Waals surface area contributed by atoms with E-state index in [9.17, 15) is 0 Å². The van der Waals surface area contributed by atoms with Gasteiger partial charge in [0.1, 0.15) is 0 Å². The maximum atomic E-state index is 4.81. The predicted molar refractivity (Wildman–Crippen MR) is 113 cm³/mol. The minimum absolute atomic E-state index is 0. The molecule has 0 saturated heterocycles. The van der Waals surface area contributed by atoms with Crippen LogP contribution in [0.25, 0.3) is 0 Å². The molecular formula is C17H28IN5S. The second-order valence-corrected chi connectivity index (χ2v) is 6.99.